The molecule has 6 aromatic rings. The van der Waals surface area contributed by atoms with Gasteiger partial charge in [-0.2, -0.15) is 0 Å². The Labute approximate surface area is 219 Å². The van der Waals surface area contributed by atoms with Crippen LogP contribution in [0.25, 0.3) is 21.5 Å². The minimum Gasteiger partial charge on any atom is -0.307 e. The number of sulfone groups is 1. The van der Waals surface area contributed by atoms with Gasteiger partial charge in [0.2, 0.25) is 9.84 Å². The summed E-state index contributed by atoms with van der Waals surface area (Å²) in [6.45, 7) is 0. The second-order valence-corrected chi connectivity index (χ2v) is 11.9. The average molecular weight is 516 g/mol. The smallest absolute Gasteiger partial charge is 0.207 e. The third-order valence-electron chi connectivity index (χ3n) is 6.83. The monoisotopic (exact) mass is 515 g/mol. The summed E-state index contributed by atoms with van der Waals surface area (Å²) in [5.74, 6) is 0. The van der Waals surface area contributed by atoms with Crippen LogP contribution in [0.15, 0.2) is 147 Å². The second kappa shape index (κ2) is 8.51. The van der Waals surface area contributed by atoms with Gasteiger partial charge in [-0.15, -0.1) is 0 Å². The van der Waals surface area contributed by atoms with Gasteiger partial charge in [-0.1, -0.05) is 103 Å². The molecule has 0 N–H and O–H groups in total. The predicted molar refractivity (Wildman–Crippen MR) is 152 cm³/mol. The normalized spacial score (nSPS) is 12.9. The van der Waals surface area contributed by atoms with Crippen LogP contribution in [0.5, 0.6) is 0 Å². The van der Waals surface area contributed by atoms with Gasteiger partial charge < -0.3 is 4.90 Å². The maximum atomic E-state index is 14.1. The molecule has 37 heavy (non-hydrogen) atoms. The van der Waals surface area contributed by atoms with Crippen molar-refractivity contribution in [3.8, 4) is 0 Å². The number of rotatable bonds is 3. The number of hydrogen-bond donors (Lipinski definition) is 0. The number of anilines is 3. The predicted octanol–water partition coefficient (Wildman–Crippen LogP) is 8.76. The maximum Gasteiger partial charge on any atom is 0.207 e. The molecule has 0 saturated carbocycles. The first-order valence-electron chi connectivity index (χ1n) is 12.0. The zero-order valence-electron chi connectivity index (χ0n) is 19.7. The molecule has 1 heterocycles. The van der Waals surface area contributed by atoms with Crippen LogP contribution < -0.4 is 4.90 Å². The summed E-state index contributed by atoms with van der Waals surface area (Å²) in [7, 11) is -3.78. The Kier molecular flexibility index (Phi) is 5.10. The van der Waals surface area contributed by atoms with Gasteiger partial charge in [-0.3, -0.25) is 0 Å². The lowest BCUT2D eigenvalue weighted by Gasteiger charge is -2.34. The van der Waals surface area contributed by atoms with Gasteiger partial charge in [-0.05, 0) is 36.4 Å². The first kappa shape index (κ1) is 22.2. The molecule has 0 amide bonds. The molecular formula is C32H21NO2S2. The van der Waals surface area contributed by atoms with E-state index >= 15 is 0 Å². The lowest BCUT2D eigenvalue weighted by molar-refractivity contribution is 0.597. The van der Waals surface area contributed by atoms with Gasteiger partial charge >= 0.3 is 0 Å². The fraction of sp³-hybridized carbons (Fsp3) is 0. The maximum absolute atomic E-state index is 14.1. The molecule has 1 aliphatic rings. The van der Waals surface area contributed by atoms with E-state index < -0.39 is 9.84 Å². The second-order valence-electron chi connectivity index (χ2n) is 8.96. The van der Waals surface area contributed by atoms with Crippen molar-refractivity contribution in [2.75, 3.05) is 4.90 Å². The molecule has 5 heteroatoms. The minimum atomic E-state index is -3.78. The fourth-order valence-electron chi connectivity index (χ4n) is 5.26. The Morgan fingerprint density at radius 1 is 0.486 bits per heavy atom. The third-order valence-corrected chi connectivity index (χ3v) is 9.83. The minimum absolute atomic E-state index is 0.295. The van der Waals surface area contributed by atoms with Crippen molar-refractivity contribution in [1.82, 2.24) is 0 Å². The van der Waals surface area contributed by atoms with Crippen molar-refractivity contribution in [3.05, 3.63) is 127 Å². The highest BCUT2D eigenvalue weighted by atomic mass is 32.2. The molecule has 0 aliphatic carbocycles. The van der Waals surface area contributed by atoms with Crippen molar-refractivity contribution in [1.29, 1.82) is 0 Å². The van der Waals surface area contributed by atoms with Crippen LogP contribution in [0.2, 0.25) is 0 Å². The summed E-state index contributed by atoms with van der Waals surface area (Å²) in [6.07, 6.45) is 0. The van der Waals surface area contributed by atoms with E-state index in [9.17, 15) is 8.42 Å². The zero-order valence-corrected chi connectivity index (χ0v) is 21.3. The number of nitrogens with zero attached hydrogens (tertiary/aromatic N) is 1. The molecule has 0 spiro atoms. The number of fused-ring (bicyclic) bond motifs is 4. The van der Waals surface area contributed by atoms with E-state index in [0.29, 0.717) is 20.6 Å². The van der Waals surface area contributed by atoms with E-state index in [1.165, 1.54) is 0 Å². The standard InChI is InChI=1S/C32H21NO2S2/c34-37(35,22-12-2-1-3-13-22)32-25-16-6-4-14-23(25)31(24-15-5-7-17-26(24)32)33-27-18-8-10-20-29(27)36-30-21-11-9-19-28(30)33/h1-21H. The molecule has 0 radical (unpaired) electrons. The van der Waals surface area contributed by atoms with E-state index in [1.54, 1.807) is 36.0 Å². The Bertz CT molecular complexity index is 1830. The molecular weight excluding hydrogens is 494 g/mol. The summed E-state index contributed by atoms with van der Waals surface area (Å²) < 4.78 is 28.3. The van der Waals surface area contributed by atoms with E-state index in [4.69, 9.17) is 0 Å². The molecule has 6 aromatic carbocycles. The topological polar surface area (TPSA) is 37.4 Å². The van der Waals surface area contributed by atoms with Gasteiger partial charge in [0.1, 0.15) is 0 Å². The largest absolute Gasteiger partial charge is 0.307 e. The number of para-hydroxylation sites is 2. The molecule has 0 saturated heterocycles. The average Bonchev–Trinajstić information content (AvgIpc) is 2.95. The summed E-state index contributed by atoms with van der Waals surface area (Å²) in [4.78, 5) is 5.26. The third kappa shape index (κ3) is 3.39. The molecule has 1 aliphatic heterocycles. The number of benzene rings is 6. The van der Waals surface area contributed by atoms with Crippen molar-refractivity contribution in [2.24, 2.45) is 0 Å². The van der Waals surface area contributed by atoms with Crippen molar-refractivity contribution in [2.45, 2.75) is 19.6 Å². The van der Waals surface area contributed by atoms with Crippen LogP contribution in [-0.2, 0) is 9.84 Å². The summed E-state index contributed by atoms with van der Waals surface area (Å²) in [5.41, 5.74) is 3.15. The molecule has 0 unspecified atom stereocenters. The van der Waals surface area contributed by atoms with Crippen LogP contribution in [0.4, 0.5) is 17.1 Å². The number of hydrogen-bond acceptors (Lipinski definition) is 4. The van der Waals surface area contributed by atoms with E-state index in [0.717, 1.165) is 37.6 Å². The van der Waals surface area contributed by atoms with Crippen LogP contribution >= 0.6 is 11.8 Å². The molecule has 3 nitrogen and oxygen atoms in total. The lowest BCUT2D eigenvalue weighted by Crippen LogP contribution is -2.16. The Balaban J connectivity index is 1.65. The van der Waals surface area contributed by atoms with Gasteiger partial charge in [0.05, 0.1) is 26.9 Å². The van der Waals surface area contributed by atoms with Gasteiger partial charge in [0.15, 0.2) is 0 Å². The Hall–Kier alpha value is -4.06. The van der Waals surface area contributed by atoms with E-state index in [-0.39, 0.29) is 0 Å². The summed E-state index contributed by atoms with van der Waals surface area (Å²) in [5, 5.41) is 3.22. The highest BCUT2D eigenvalue weighted by molar-refractivity contribution is 7.99. The summed E-state index contributed by atoms with van der Waals surface area (Å²) >= 11 is 1.76. The molecule has 7 rings (SSSR count). The van der Waals surface area contributed by atoms with Crippen LogP contribution in [-0.4, -0.2) is 8.42 Å². The zero-order chi connectivity index (χ0) is 25.0. The SMILES string of the molecule is O=S(=O)(c1ccccc1)c1c2ccccc2c(N2c3ccccc3Sc3ccccc32)c2ccccc12. The molecule has 0 fully saturated rings. The molecule has 0 bridgehead atoms. The highest BCUT2D eigenvalue weighted by Crippen LogP contribution is 2.54. The summed E-state index contributed by atoms with van der Waals surface area (Å²) in [6, 6.07) is 41.2. The van der Waals surface area contributed by atoms with Crippen LogP contribution in [0, 0.1) is 0 Å². The van der Waals surface area contributed by atoms with Crippen molar-refractivity contribution >= 4 is 60.2 Å². The van der Waals surface area contributed by atoms with Crippen molar-refractivity contribution < 1.29 is 8.42 Å². The Morgan fingerprint density at radius 2 is 0.919 bits per heavy atom. The highest BCUT2D eigenvalue weighted by Gasteiger charge is 2.31. The van der Waals surface area contributed by atoms with Crippen molar-refractivity contribution in [3.63, 3.8) is 0 Å². The van der Waals surface area contributed by atoms with E-state index in [1.807, 2.05) is 54.6 Å². The van der Waals surface area contributed by atoms with Crippen LogP contribution in [0.3, 0.4) is 0 Å². The Morgan fingerprint density at radius 3 is 1.46 bits per heavy atom. The quantitative estimate of drug-likeness (QED) is 0.220. The lowest BCUT2D eigenvalue weighted by atomic mass is 9.98. The molecule has 0 aromatic heterocycles. The van der Waals surface area contributed by atoms with Gasteiger partial charge in [-0.25, -0.2) is 8.42 Å². The van der Waals surface area contributed by atoms with E-state index in [2.05, 4.69) is 53.4 Å². The van der Waals surface area contributed by atoms with Gasteiger partial charge in [0.25, 0.3) is 0 Å². The molecule has 178 valence electrons. The fourth-order valence-corrected chi connectivity index (χ4v) is 8.00. The first-order chi connectivity index (χ1) is 18.1. The molecule has 0 atom stereocenters. The van der Waals surface area contributed by atoms with Gasteiger partial charge in [0, 0.05) is 31.3 Å². The van der Waals surface area contributed by atoms with Crippen LogP contribution in [0.1, 0.15) is 0 Å². The first-order valence-corrected chi connectivity index (χ1v) is 14.3.